The maximum atomic E-state index is 13.0. The summed E-state index contributed by atoms with van der Waals surface area (Å²) in [5.41, 5.74) is 1.55. The molecule has 0 aliphatic carbocycles. The molecule has 5 nitrogen and oxygen atoms in total. The first-order valence-electron chi connectivity index (χ1n) is 6.97. The number of para-hydroxylation sites is 1. The minimum absolute atomic E-state index is 0.0262. The number of sulfonamides is 1. The Kier molecular flexibility index (Phi) is 3.93. The fourth-order valence-corrected chi connectivity index (χ4v) is 4.98. The quantitative estimate of drug-likeness (QED) is 0.864. The summed E-state index contributed by atoms with van der Waals surface area (Å²) < 4.78 is 27.7. The van der Waals surface area contributed by atoms with Crippen LogP contribution in [0.15, 0.2) is 51.8 Å². The van der Waals surface area contributed by atoms with Crippen molar-refractivity contribution in [3.8, 4) is 0 Å². The van der Waals surface area contributed by atoms with Gasteiger partial charge in [-0.3, -0.25) is 4.31 Å². The molecule has 2 aromatic carbocycles. The van der Waals surface area contributed by atoms with Crippen LogP contribution >= 0.6 is 15.9 Å². The Hall–Kier alpha value is -1.86. The molecule has 0 saturated heterocycles. The lowest BCUT2D eigenvalue weighted by atomic mass is 10.1. The van der Waals surface area contributed by atoms with Crippen LogP contribution in [0.3, 0.4) is 0 Å². The second-order valence-corrected chi connectivity index (χ2v) is 8.10. The Bertz CT molecular complexity index is 895. The van der Waals surface area contributed by atoms with E-state index in [0.29, 0.717) is 16.6 Å². The Morgan fingerprint density at radius 3 is 2.65 bits per heavy atom. The predicted molar refractivity (Wildman–Crippen MR) is 90.4 cm³/mol. The minimum atomic E-state index is -3.82. The second kappa shape index (κ2) is 5.65. The van der Waals surface area contributed by atoms with E-state index in [1.54, 1.807) is 12.1 Å². The normalized spacial score (nSPS) is 17.1. The summed E-state index contributed by atoms with van der Waals surface area (Å²) in [5, 5.41) is 9.19. The molecule has 0 spiro atoms. The van der Waals surface area contributed by atoms with Crippen molar-refractivity contribution in [1.82, 2.24) is 0 Å². The van der Waals surface area contributed by atoms with E-state index in [1.165, 1.54) is 22.5 Å². The highest BCUT2D eigenvalue weighted by molar-refractivity contribution is 9.10. The lowest BCUT2D eigenvalue weighted by Gasteiger charge is -2.24. The van der Waals surface area contributed by atoms with Gasteiger partial charge in [0.25, 0.3) is 10.0 Å². The van der Waals surface area contributed by atoms with Crippen LogP contribution in [0.5, 0.6) is 0 Å². The summed E-state index contributed by atoms with van der Waals surface area (Å²) in [6, 6.07) is 11.2. The molecule has 0 amide bonds. The highest BCUT2D eigenvalue weighted by atomic mass is 79.9. The number of halogens is 1. The molecule has 2 aromatic rings. The topological polar surface area (TPSA) is 74.7 Å². The van der Waals surface area contributed by atoms with E-state index in [0.717, 1.165) is 5.56 Å². The number of rotatable bonds is 3. The van der Waals surface area contributed by atoms with Crippen molar-refractivity contribution < 1.29 is 18.3 Å². The van der Waals surface area contributed by atoms with Crippen LogP contribution in [-0.4, -0.2) is 25.5 Å². The lowest BCUT2D eigenvalue weighted by molar-refractivity contribution is 0.0695. The van der Waals surface area contributed by atoms with Crippen LogP contribution in [0, 0.1) is 0 Å². The number of aromatic carboxylic acids is 1. The molecular formula is C16H14BrNO4S. The van der Waals surface area contributed by atoms with E-state index in [4.69, 9.17) is 0 Å². The lowest BCUT2D eigenvalue weighted by Crippen LogP contribution is -2.35. The van der Waals surface area contributed by atoms with Gasteiger partial charge in [-0.05, 0) is 59.1 Å². The molecule has 120 valence electrons. The SMILES string of the molecule is CC1Cc2ccccc2N1S(=O)(=O)c1ccc(Br)c(C(=O)O)c1. The third-order valence-corrected chi connectivity index (χ3v) is 6.49. The van der Waals surface area contributed by atoms with E-state index in [1.807, 2.05) is 19.1 Å². The Labute approximate surface area is 142 Å². The van der Waals surface area contributed by atoms with Gasteiger partial charge < -0.3 is 5.11 Å². The van der Waals surface area contributed by atoms with Crippen molar-refractivity contribution in [1.29, 1.82) is 0 Å². The molecule has 0 aromatic heterocycles. The second-order valence-electron chi connectivity index (χ2n) is 5.43. The van der Waals surface area contributed by atoms with Crippen molar-refractivity contribution in [2.24, 2.45) is 0 Å². The smallest absolute Gasteiger partial charge is 0.336 e. The van der Waals surface area contributed by atoms with E-state index >= 15 is 0 Å². The highest BCUT2D eigenvalue weighted by Gasteiger charge is 2.36. The molecule has 3 rings (SSSR count). The molecule has 0 bridgehead atoms. The number of nitrogens with zero attached hydrogens (tertiary/aromatic N) is 1. The van der Waals surface area contributed by atoms with Crippen molar-refractivity contribution in [3.05, 3.63) is 58.1 Å². The third kappa shape index (κ3) is 2.64. The van der Waals surface area contributed by atoms with Gasteiger partial charge in [-0.15, -0.1) is 0 Å². The standard InChI is InChI=1S/C16H14BrNO4S/c1-10-8-11-4-2-3-5-15(11)18(10)23(21,22)12-6-7-14(17)13(9-12)16(19)20/h2-7,9-10H,8H2,1H3,(H,19,20). The monoisotopic (exact) mass is 395 g/mol. The van der Waals surface area contributed by atoms with E-state index in [2.05, 4.69) is 15.9 Å². The molecule has 1 heterocycles. The van der Waals surface area contributed by atoms with Crippen LogP contribution in [0.2, 0.25) is 0 Å². The molecule has 1 N–H and O–H groups in total. The van der Waals surface area contributed by atoms with E-state index < -0.39 is 16.0 Å². The highest BCUT2D eigenvalue weighted by Crippen LogP contribution is 2.37. The minimum Gasteiger partial charge on any atom is -0.478 e. The first-order chi connectivity index (χ1) is 10.8. The van der Waals surface area contributed by atoms with Gasteiger partial charge in [-0.2, -0.15) is 0 Å². The first kappa shape index (κ1) is 16.0. The average Bonchev–Trinajstić information content (AvgIpc) is 2.83. The van der Waals surface area contributed by atoms with Gasteiger partial charge in [0.05, 0.1) is 16.1 Å². The fourth-order valence-electron chi connectivity index (χ4n) is 2.85. The molecule has 7 heteroatoms. The van der Waals surface area contributed by atoms with Crippen molar-refractivity contribution >= 4 is 37.6 Å². The summed E-state index contributed by atoms with van der Waals surface area (Å²) >= 11 is 3.13. The summed E-state index contributed by atoms with van der Waals surface area (Å²) in [6.07, 6.45) is 0.637. The maximum Gasteiger partial charge on any atom is 0.336 e. The molecule has 0 radical (unpaired) electrons. The van der Waals surface area contributed by atoms with E-state index in [-0.39, 0.29) is 16.5 Å². The molecular weight excluding hydrogens is 382 g/mol. The van der Waals surface area contributed by atoms with Crippen molar-refractivity contribution in [3.63, 3.8) is 0 Å². The molecule has 1 atom stereocenters. The number of hydrogen-bond donors (Lipinski definition) is 1. The zero-order chi connectivity index (χ0) is 16.8. The number of benzene rings is 2. The van der Waals surface area contributed by atoms with Crippen LogP contribution in [0.1, 0.15) is 22.8 Å². The predicted octanol–water partition coefficient (Wildman–Crippen LogP) is 3.29. The van der Waals surface area contributed by atoms with Crippen LogP contribution in [-0.2, 0) is 16.4 Å². The van der Waals surface area contributed by atoms with Gasteiger partial charge >= 0.3 is 5.97 Å². The summed E-state index contributed by atoms with van der Waals surface area (Å²) in [7, 11) is -3.82. The average molecular weight is 396 g/mol. The largest absolute Gasteiger partial charge is 0.478 e. The van der Waals surface area contributed by atoms with Gasteiger partial charge in [0.1, 0.15) is 0 Å². The Balaban J connectivity index is 2.13. The number of carboxylic acid groups (broad SMARTS) is 1. The number of carboxylic acids is 1. The number of anilines is 1. The molecule has 1 unspecified atom stereocenters. The maximum absolute atomic E-state index is 13.0. The van der Waals surface area contributed by atoms with Crippen LogP contribution in [0.4, 0.5) is 5.69 Å². The molecule has 0 saturated carbocycles. The Morgan fingerprint density at radius 1 is 1.26 bits per heavy atom. The summed E-state index contributed by atoms with van der Waals surface area (Å²) in [5.74, 6) is -1.18. The summed E-state index contributed by atoms with van der Waals surface area (Å²) in [6.45, 7) is 1.84. The Morgan fingerprint density at radius 2 is 1.96 bits per heavy atom. The number of hydrogen-bond acceptors (Lipinski definition) is 3. The zero-order valence-corrected chi connectivity index (χ0v) is 14.6. The van der Waals surface area contributed by atoms with Gasteiger partial charge in [0.15, 0.2) is 0 Å². The molecule has 1 aliphatic heterocycles. The molecule has 0 fully saturated rings. The molecule has 1 aliphatic rings. The number of carbonyl (C=O) groups is 1. The third-order valence-electron chi connectivity index (χ3n) is 3.87. The van der Waals surface area contributed by atoms with Gasteiger partial charge in [0.2, 0.25) is 0 Å². The zero-order valence-electron chi connectivity index (χ0n) is 12.2. The summed E-state index contributed by atoms with van der Waals surface area (Å²) in [4.78, 5) is 11.2. The van der Waals surface area contributed by atoms with E-state index in [9.17, 15) is 18.3 Å². The van der Waals surface area contributed by atoms with Crippen LogP contribution in [0.25, 0.3) is 0 Å². The molecule has 23 heavy (non-hydrogen) atoms. The number of fused-ring (bicyclic) bond motifs is 1. The van der Waals surface area contributed by atoms with Crippen molar-refractivity contribution in [2.45, 2.75) is 24.3 Å². The van der Waals surface area contributed by atoms with Gasteiger partial charge in [-0.25, -0.2) is 13.2 Å². The first-order valence-corrected chi connectivity index (χ1v) is 9.21. The van der Waals surface area contributed by atoms with Gasteiger partial charge in [0, 0.05) is 10.5 Å². The van der Waals surface area contributed by atoms with Crippen LogP contribution < -0.4 is 4.31 Å². The fraction of sp³-hybridized carbons (Fsp3) is 0.188. The van der Waals surface area contributed by atoms with Gasteiger partial charge in [-0.1, -0.05) is 18.2 Å². The van der Waals surface area contributed by atoms with Crippen molar-refractivity contribution in [2.75, 3.05) is 4.31 Å².